The molecule has 1 N–H and O–H groups in total. The van der Waals surface area contributed by atoms with Gasteiger partial charge in [0, 0.05) is 17.1 Å². The molecule has 2 heterocycles. The number of amides is 1. The molecular formula is C19H18ClN5O3. The first-order chi connectivity index (χ1) is 13.5. The van der Waals surface area contributed by atoms with Crippen molar-refractivity contribution in [1.82, 2.24) is 25.1 Å². The van der Waals surface area contributed by atoms with Crippen molar-refractivity contribution in [1.29, 1.82) is 0 Å². The molecule has 1 amide bonds. The van der Waals surface area contributed by atoms with Gasteiger partial charge in [0.1, 0.15) is 19.0 Å². The van der Waals surface area contributed by atoms with Crippen LogP contribution in [0.3, 0.4) is 0 Å². The van der Waals surface area contributed by atoms with E-state index in [1.807, 2.05) is 24.3 Å². The van der Waals surface area contributed by atoms with E-state index in [1.54, 1.807) is 24.0 Å². The molecule has 3 aromatic rings. The van der Waals surface area contributed by atoms with Crippen molar-refractivity contribution in [2.45, 2.75) is 19.5 Å². The molecule has 8 nitrogen and oxygen atoms in total. The number of fused-ring (bicyclic) bond motifs is 1. The molecule has 1 aliphatic heterocycles. The molecule has 1 aromatic heterocycles. The van der Waals surface area contributed by atoms with Gasteiger partial charge < -0.3 is 14.7 Å². The van der Waals surface area contributed by atoms with E-state index in [4.69, 9.17) is 16.3 Å². The van der Waals surface area contributed by atoms with Crippen molar-refractivity contribution in [2.75, 3.05) is 13.2 Å². The average Bonchev–Trinajstić information content (AvgIpc) is 3.13. The number of carbonyl (C=O) groups is 1. The highest BCUT2D eigenvalue weighted by Gasteiger charge is 2.27. The fourth-order valence-electron chi connectivity index (χ4n) is 3.24. The smallest absolute Gasteiger partial charge is 0.247 e. The number of hydrogen-bond donors (Lipinski definition) is 1. The third kappa shape index (κ3) is 3.50. The maximum Gasteiger partial charge on any atom is 0.247 e. The molecule has 144 valence electrons. The van der Waals surface area contributed by atoms with Crippen LogP contribution in [0.5, 0.6) is 11.5 Å². The van der Waals surface area contributed by atoms with Crippen LogP contribution < -0.4 is 4.74 Å². The fraction of sp³-hybridized carbons (Fsp3) is 0.263. The van der Waals surface area contributed by atoms with Gasteiger partial charge >= 0.3 is 0 Å². The second-order valence-electron chi connectivity index (χ2n) is 6.57. The zero-order chi connectivity index (χ0) is 19.7. The molecule has 0 saturated heterocycles. The summed E-state index contributed by atoms with van der Waals surface area (Å²) in [6.07, 6.45) is 1.41. The Morgan fingerprint density at radius 1 is 1.29 bits per heavy atom. The Morgan fingerprint density at radius 3 is 2.89 bits per heavy atom. The van der Waals surface area contributed by atoms with Crippen molar-refractivity contribution in [2.24, 2.45) is 0 Å². The molecular weight excluding hydrogens is 382 g/mol. The number of tetrazole rings is 1. The molecule has 1 aliphatic rings. The van der Waals surface area contributed by atoms with Crippen LogP contribution in [0.25, 0.3) is 11.1 Å². The summed E-state index contributed by atoms with van der Waals surface area (Å²) in [4.78, 5) is 14.6. The Kier molecular flexibility index (Phi) is 4.87. The van der Waals surface area contributed by atoms with Gasteiger partial charge in [-0.05, 0) is 52.7 Å². The van der Waals surface area contributed by atoms with Crippen molar-refractivity contribution < 1.29 is 14.6 Å². The van der Waals surface area contributed by atoms with E-state index >= 15 is 0 Å². The lowest BCUT2D eigenvalue weighted by atomic mass is 10.0. The first kappa shape index (κ1) is 18.2. The minimum atomic E-state index is -0.541. The van der Waals surface area contributed by atoms with E-state index in [2.05, 4.69) is 15.5 Å². The number of aromatic hydroxyl groups is 1. The van der Waals surface area contributed by atoms with Crippen LogP contribution >= 0.6 is 11.6 Å². The number of phenols is 1. The third-order valence-corrected chi connectivity index (χ3v) is 4.94. The van der Waals surface area contributed by atoms with Crippen LogP contribution in [0.4, 0.5) is 0 Å². The normalized spacial score (nSPS) is 14.7. The number of aromatic nitrogens is 4. The zero-order valence-electron chi connectivity index (χ0n) is 15.1. The lowest BCUT2D eigenvalue weighted by Gasteiger charge is -2.23. The Hall–Kier alpha value is -3.13. The molecule has 0 fully saturated rings. The number of halogens is 1. The topological polar surface area (TPSA) is 93.4 Å². The van der Waals surface area contributed by atoms with Gasteiger partial charge in [0.15, 0.2) is 11.5 Å². The molecule has 0 spiro atoms. The predicted octanol–water partition coefficient (Wildman–Crippen LogP) is 2.68. The summed E-state index contributed by atoms with van der Waals surface area (Å²) < 4.78 is 7.14. The highest BCUT2D eigenvalue weighted by molar-refractivity contribution is 6.30. The van der Waals surface area contributed by atoms with E-state index in [0.29, 0.717) is 23.9 Å². The van der Waals surface area contributed by atoms with Crippen LogP contribution in [0.1, 0.15) is 18.5 Å². The van der Waals surface area contributed by atoms with Crippen molar-refractivity contribution in [3.8, 4) is 22.6 Å². The molecule has 28 heavy (non-hydrogen) atoms. The Labute approximate surface area is 166 Å². The van der Waals surface area contributed by atoms with Crippen LogP contribution in [0, 0.1) is 0 Å². The molecule has 2 aromatic carbocycles. The van der Waals surface area contributed by atoms with Gasteiger partial charge in [-0.15, -0.1) is 5.10 Å². The number of phenolic OH excluding ortho intramolecular Hbond substituents is 1. The SMILES string of the molecule is C[C@@H](C(=O)N1CCOc2c(O)cc(-c3cccc(Cl)c3)cc2C1)n1cnnn1. The molecule has 0 aliphatic carbocycles. The Morgan fingerprint density at radius 2 is 2.14 bits per heavy atom. The van der Waals surface area contributed by atoms with Crippen LogP contribution in [-0.2, 0) is 11.3 Å². The second-order valence-corrected chi connectivity index (χ2v) is 7.00. The maximum atomic E-state index is 12.9. The summed E-state index contributed by atoms with van der Waals surface area (Å²) >= 11 is 6.09. The quantitative estimate of drug-likeness (QED) is 0.727. The van der Waals surface area contributed by atoms with E-state index in [0.717, 1.165) is 16.7 Å². The van der Waals surface area contributed by atoms with Gasteiger partial charge in [0.2, 0.25) is 5.91 Å². The molecule has 4 rings (SSSR count). The van der Waals surface area contributed by atoms with E-state index in [-0.39, 0.29) is 18.3 Å². The van der Waals surface area contributed by atoms with Crippen molar-refractivity contribution in [3.05, 3.63) is 53.3 Å². The van der Waals surface area contributed by atoms with Crippen LogP contribution in [0.15, 0.2) is 42.7 Å². The molecule has 0 bridgehead atoms. The van der Waals surface area contributed by atoms with Crippen LogP contribution in [0.2, 0.25) is 5.02 Å². The summed E-state index contributed by atoms with van der Waals surface area (Å²) in [7, 11) is 0. The Balaban J connectivity index is 1.66. The van der Waals surface area contributed by atoms with E-state index in [1.165, 1.54) is 11.0 Å². The monoisotopic (exact) mass is 399 g/mol. The maximum absolute atomic E-state index is 12.9. The fourth-order valence-corrected chi connectivity index (χ4v) is 3.44. The molecule has 0 saturated carbocycles. The average molecular weight is 400 g/mol. The lowest BCUT2D eigenvalue weighted by molar-refractivity contribution is -0.135. The van der Waals surface area contributed by atoms with Crippen molar-refractivity contribution in [3.63, 3.8) is 0 Å². The van der Waals surface area contributed by atoms with E-state index in [9.17, 15) is 9.90 Å². The third-order valence-electron chi connectivity index (χ3n) is 4.70. The summed E-state index contributed by atoms with van der Waals surface area (Å²) in [6, 6.07) is 10.4. The molecule has 1 atom stereocenters. The van der Waals surface area contributed by atoms with Crippen molar-refractivity contribution >= 4 is 17.5 Å². The number of carbonyl (C=O) groups excluding carboxylic acids is 1. The molecule has 0 radical (unpaired) electrons. The predicted molar refractivity (Wildman–Crippen MR) is 102 cm³/mol. The summed E-state index contributed by atoms with van der Waals surface area (Å²) in [5.74, 6) is 0.308. The van der Waals surface area contributed by atoms with Gasteiger partial charge in [0.05, 0.1) is 6.54 Å². The minimum Gasteiger partial charge on any atom is -0.504 e. The van der Waals surface area contributed by atoms with Gasteiger partial charge in [0.25, 0.3) is 0 Å². The van der Waals surface area contributed by atoms with Gasteiger partial charge in [-0.3, -0.25) is 4.79 Å². The first-order valence-corrected chi connectivity index (χ1v) is 9.16. The summed E-state index contributed by atoms with van der Waals surface area (Å²) in [6.45, 7) is 2.73. The highest BCUT2D eigenvalue weighted by atomic mass is 35.5. The number of rotatable bonds is 3. The first-order valence-electron chi connectivity index (χ1n) is 8.79. The number of hydrogen-bond acceptors (Lipinski definition) is 6. The van der Waals surface area contributed by atoms with Gasteiger partial charge in [-0.25, -0.2) is 4.68 Å². The molecule has 9 heteroatoms. The second kappa shape index (κ2) is 7.47. The standard InChI is InChI=1S/C19H18ClN5O3/c1-12(25-11-21-22-23-25)19(27)24-5-6-28-18-15(10-24)7-14(9-17(18)26)13-3-2-4-16(20)8-13/h2-4,7-9,11-12,26H,5-6,10H2,1H3/t12-/m0/s1. The summed E-state index contributed by atoms with van der Waals surface area (Å²) in [5, 5.41) is 22.1. The van der Waals surface area contributed by atoms with E-state index < -0.39 is 6.04 Å². The van der Waals surface area contributed by atoms with Crippen LogP contribution in [-0.4, -0.2) is 49.3 Å². The zero-order valence-corrected chi connectivity index (χ0v) is 15.9. The van der Waals surface area contributed by atoms with Gasteiger partial charge in [-0.1, -0.05) is 23.7 Å². The Bertz CT molecular complexity index is 1010. The highest BCUT2D eigenvalue weighted by Crippen LogP contribution is 2.38. The lowest BCUT2D eigenvalue weighted by Crippen LogP contribution is -2.37. The largest absolute Gasteiger partial charge is 0.504 e. The number of ether oxygens (including phenoxy) is 1. The minimum absolute atomic E-state index is 0.0373. The summed E-state index contributed by atoms with van der Waals surface area (Å²) in [5.41, 5.74) is 2.39. The number of benzene rings is 2. The van der Waals surface area contributed by atoms with Gasteiger partial charge in [-0.2, -0.15) is 0 Å². The molecule has 0 unspecified atom stereocenters. The number of nitrogens with zero attached hydrogens (tertiary/aromatic N) is 5.